The van der Waals surface area contributed by atoms with Gasteiger partial charge in [0.05, 0.1) is 0 Å². The van der Waals surface area contributed by atoms with Crippen molar-refractivity contribution in [3.8, 4) is 0 Å². The van der Waals surface area contributed by atoms with E-state index in [9.17, 15) is 4.79 Å². The van der Waals surface area contributed by atoms with Gasteiger partial charge in [-0.15, -0.1) is 0 Å². The molecule has 0 aliphatic rings. The van der Waals surface area contributed by atoms with Gasteiger partial charge in [-0.2, -0.15) is 0 Å². The van der Waals surface area contributed by atoms with E-state index in [1.54, 1.807) is 0 Å². The van der Waals surface area contributed by atoms with E-state index in [1.165, 1.54) is 10.9 Å². The minimum Gasteiger partial charge on any atom is -0.361 e. The maximum atomic E-state index is 11.4. The number of benzene rings is 1. The van der Waals surface area contributed by atoms with E-state index in [0.29, 0.717) is 13.0 Å². The first kappa shape index (κ1) is 12.6. The molecule has 1 aromatic heterocycles. The first-order chi connectivity index (χ1) is 8.66. The highest BCUT2D eigenvalue weighted by atomic mass is 16.1. The van der Waals surface area contributed by atoms with Crippen molar-refractivity contribution in [1.82, 2.24) is 10.3 Å². The van der Waals surface area contributed by atoms with Crippen LogP contribution in [0.25, 0.3) is 10.9 Å². The zero-order valence-corrected chi connectivity index (χ0v) is 10.6. The molecule has 1 heterocycles. The average Bonchev–Trinajstić information content (AvgIpc) is 2.72. The van der Waals surface area contributed by atoms with Gasteiger partial charge < -0.3 is 16.0 Å². The number of para-hydroxylation sites is 1. The Morgan fingerprint density at radius 3 is 3.00 bits per heavy atom. The highest BCUT2D eigenvalue weighted by molar-refractivity contribution is 5.83. The minimum atomic E-state index is -0.0851. The van der Waals surface area contributed by atoms with Gasteiger partial charge in [-0.3, -0.25) is 4.79 Å². The number of aromatic nitrogens is 1. The van der Waals surface area contributed by atoms with Crippen molar-refractivity contribution in [3.63, 3.8) is 0 Å². The van der Waals surface area contributed by atoms with Crippen molar-refractivity contribution in [2.75, 3.05) is 6.54 Å². The van der Waals surface area contributed by atoms with Crippen molar-refractivity contribution >= 4 is 16.8 Å². The predicted molar refractivity (Wildman–Crippen MR) is 73.3 cm³/mol. The molecular formula is C14H19N3O. The summed E-state index contributed by atoms with van der Waals surface area (Å²) in [5.74, 6) is 0.0184. The highest BCUT2D eigenvalue weighted by Gasteiger charge is 2.06. The van der Waals surface area contributed by atoms with Gasteiger partial charge in [-0.1, -0.05) is 18.2 Å². The van der Waals surface area contributed by atoms with Crippen molar-refractivity contribution in [2.24, 2.45) is 5.73 Å². The molecule has 0 aliphatic heterocycles. The van der Waals surface area contributed by atoms with Crippen LogP contribution in [0.15, 0.2) is 30.5 Å². The second kappa shape index (κ2) is 5.69. The molecule has 0 radical (unpaired) electrons. The summed E-state index contributed by atoms with van der Waals surface area (Å²) in [5, 5.41) is 4.11. The van der Waals surface area contributed by atoms with Crippen molar-refractivity contribution in [2.45, 2.75) is 25.8 Å². The lowest BCUT2D eigenvalue weighted by molar-refractivity contribution is -0.121. The molecule has 0 aliphatic carbocycles. The lowest BCUT2D eigenvalue weighted by Gasteiger charge is -2.06. The average molecular weight is 245 g/mol. The van der Waals surface area contributed by atoms with E-state index in [1.807, 2.05) is 31.3 Å². The number of nitrogens with two attached hydrogens (primary N) is 1. The van der Waals surface area contributed by atoms with E-state index >= 15 is 0 Å². The summed E-state index contributed by atoms with van der Waals surface area (Å²) < 4.78 is 0. The fourth-order valence-corrected chi connectivity index (χ4v) is 2.04. The van der Waals surface area contributed by atoms with Crippen LogP contribution >= 0.6 is 0 Å². The van der Waals surface area contributed by atoms with Crippen molar-refractivity contribution in [1.29, 1.82) is 0 Å². The molecule has 1 unspecified atom stereocenters. The first-order valence-electron chi connectivity index (χ1n) is 6.24. The van der Waals surface area contributed by atoms with E-state index in [2.05, 4.69) is 16.4 Å². The molecule has 18 heavy (non-hydrogen) atoms. The van der Waals surface area contributed by atoms with Gasteiger partial charge in [-0.25, -0.2) is 0 Å². The zero-order valence-electron chi connectivity index (χ0n) is 10.6. The van der Waals surface area contributed by atoms with Gasteiger partial charge in [0.2, 0.25) is 5.91 Å². The second-order valence-corrected chi connectivity index (χ2v) is 4.64. The molecule has 2 aromatic rings. The number of aromatic amines is 1. The SMILES string of the molecule is CC(N)CC(=O)NCCc1c[nH]c2ccccc12. The van der Waals surface area contributed by atoms with Crippen LogP contribution in [0.5, 0.6) is 0 Å². The van der Waals surface area contributed by atoms with Gasteiger partial charge in [0, 0.05) is 36.1 Å². The predicted octanol–water partition coefficient (Wildman–Crippen LogP) is 1.56. The molecule has 1 aromatic carbocycles. The number of fused-ring (bicyclic) bond motifs is 1. The van der Waals surface area contributed by atoms with Crippen LogP contribution in [0.2, 0.25) is 0 Å². The maximum Gasteiger partial charge on any atom is 0.221 e. The van der Waals surface area contributed by atoms with Crippen molar-refractivity contribution < 1.29 is 4.79 Å². The number of hydrogen-bond acceptors (Lipinski definition) is 2. The highest BCUT2D eigenvalue weighted by Crippen LogP contribution is 2.17. The number of nitrogens with one attached hydrogen (secondary N) is 2. The third kappa shape index (κ3) is 3.11. The smallest absolute Gasteiger partial charge is 0.221 e. The van der Waals surface area contributed by atoms with Gasteiger partial charge >= 0.3 is 0 Å². The van der Waals surface area contributed by atoms with Gasteiger partial charge in [0.1, 0.15) is 0 Å². The van der Waals surface area contributed by atoms with Crippen LogP contribution in [0.3, 0.4) is 0 Å². The maximum absolute atomic E-state index is 11.4. The van der Waals surface area contributed by atoms with E-state index < -0.39 is 0 Å². The summed E-state index contributed by atoms with van der Waals surface area (Å²) in [6.07, 6.45) is 3.21. The number of amides is 1. The fourth-order valence-electron chi connectivity index (χ4n) is 2.04. The molecule has 0 spiro atoms. The van der Waals surface area contributed by atoms with E-state index in [4.69, 9.17) is 5.73 Å². The number of H-pyrrole nitrogens is 1. The third-order valence-corrected chi connectivity index (χ3v) is 2.90. The van der Waals surface area contributed by atoms with Gasteiger partial charge in [0.25, 0.3) is 0 Å². The minimum absolute atomic E-state index is 0.0184. The number of hydrogen-bond donors (Lipinski definition) is 3. The lowest BCUT2D eigenvalue weighted by Crippen LogP contribution is -2.31. The van der Waals surface area contributed by atoms with Crippen LogP contribution < -0.4 is 11.1 Å². The first-order valence-corrected chi connectivity index (χ1v) is 6.24. The Labute approximate surface area is 107 Å². The Morgan fingerprint density at radius 1 is 1.44 bits per heavy atom. The van der Waals surface area contributed by atoms with E-state index in [-0.39, 0.29) is 11.9 Å². The number of rotatable bonds is 5. The summed E-state index contributed by atoms with van der Waals surface area (Å²) in [7, 11) is 0. The quantitative estimate of drug-likeness (QED) is 0.748. The Hall–Kier alpha value is -1.81. The summed E-state index contributed by atoms with van der Waals surface area (Å²) in [6, 6.07) is 8.08. The molecule has 0 saturated carbocycles. The summed E-state index contributed by atoms with van der Waals surface area (Å²) in [6.45, 7) is 2.48. The van der Waals surface area contributed by atoms with Crippen LogP contribution in [-0.2, 0) is 11.2 Å². The molecule has 0 fully saturated rings. The summed E-state index contributed by atoms with van der Waals surface area (Å²) in [5.41, 5.74) is 7.93. The Kier molecular flexibility index (Phi) is 3.99. The second-order valence-electron chi connectivity index (χ2n) is 4.64. The van der Waals surface area contributed by atoms with Gasteiger partial charge in [0.15, 0.2) is 0 Å². The normalized spacial score (nSPS) is 12.6. The Balaban J connectivity index is 1.89. The van der Waals surface area contributed by atoms with Crippen LogP contribution in [0, 0.1) is 0 Å². The molecule has 1 atom stereocenters. The molecule has 4 N–H and O–H groups in total. The van der Waals surface area contributed by atoms with Crippen LogP contribution in [-0.4, -0.2) is 23.5 Å². The lowest BCUT2D eigenvalue weighted by atomic mass is 10.1. The van der Waals surface area contributed by atoms with Crippen molar-refractivity contribution in [3.05, 3.63) is 36.0 Å². The molecule has 1 amide bonds. The third-order valence-electron chi connectivity index (χ3n) is 2.90. The molecule has 4 nitrogen and oxygen atoms in total. The molecular weight excluding hydrogens is 226 g/mol. The largest absolute Gasteiger partial charge is 0.361 e. The molecule has 2 rings (SSSR count). The fraction of sp³-hybridized carbons (Fsp3) is 0.357. The summed E-state index contributed by atoms with van der Waals surface area (Å²) in [4.78, 5) is 14.7. The standard InChI is InChI=1S/C14H19N3O/c1-10(15)8-14(18)16-7-6-11-9-17-13-5-3-2-4-12(11)13/h2-5,9-10,17H,6-8,15H2,1H3,(H,16,18). The zero-order chi connectivity index (χ0) is 13.0. The van der Waals surface area contributed by atoms with E-state index in [0.717, 1.165) is 11.9 Å². The molecule has 0 saturated heterocycles. The Bertz CT molecular complexity index is 531. The molecule has 4 heteroatoms. The molecule has 96 valence electrons. The van der Waals surface area contributed by atoms with Crippen LogP contribution in [0.1, 0.15) is 18.9 Å². The monoisotopic (exact) mass is 245 g/mol. The number of carbonyl (C=O) groups is 1. The summed E-state index contributed by atoms with van der Waals surface area (Å²) >= 11 is 0. The topological polar surface area (TPSA) is 70.9 Å². The number of carbonyl (C=O) groups excluding carboxylic acids is 1. The molecule has 0 bridgehead atoms. The Morgan fingerprint density at radius 2 is 2.22 bits per heavy atom. The van der Waals surface area contributed by atoms with Gasteiger partial charge in [-0.05, 0) is 25.0 Å². The van der Waals surface area contributed by atoms with Crippen LogP contribution in [0.4, 0.5) is 0 Å².